The fraction of sp³-hybridized carbons (Fsp3) is 0.214. The van der Waals surface area contributed by atoms with Gasteiger partial charge in [0.25, 0.3) is 0 Å². The Kier molecular flexibility index (Phi) is 3.59. The van der Waals surface area contributed by atoms with Crippen LogP contribution in [0.2, 0.25) is 0 Å². The van der Waals surface area contributed by atoms with Crippen LogP contribution >= 0.6 is 0 Å². The summed E-state index contributed by atoms with van der Waals surface area (Å²) in [5.41, 5.74) is 7.64. The zero-order valence-corrected chi connectivity index (χ0v) is 9.80. The maximum Gasteiger partial charge on any atom is 0.117 e. The Hall–Kier alpha value is -2.05. The van der Waals surface area contributed by atoms with Crippen molar-refractivity contribution < 1.29 is 0 Å². The fourth-order valence-corrected chi connectivity index (χ4v) is 1.44. The summed E-state index contributed by atoms with van der Waals surface area (Å²) >= 11 is 0. The molecule has 1 aromatic carbocycles. The monoisotopic (exact) mass is 225 g/mol. The van der Waals surface area contributed by atoms with E-state index in [1.807, 2.05) is 48.0 Å². The highest BCUT2D eigenvalue weighted by Crippen LogP contribution is 2.08. The highest BCUT2D eigenvalue weighted by molar-refractivity contribution is 5.38. The third-order valence-corrected chi connectivity index (χ3v) is 2.47. The second-order valence-electron chi connectivity index (χ2n) is 3.75. The minimum absolute atomic E-state index is 0.0749. The molecule has 1 unspecified atom stereocenters. The first kappa shape index (κ1) is 11.4. The average Bonchev–Trinajstić information content (AvgIpc) is 2.85. The van der Waals surface area contributed by atoms with Gasteiger partial charge in [0.1, 0.15) is 5.69 Å². The van der Waals surface area contributed by atoms with Crippen LogP contribution in [-0.2, 0) is 0 Å². The van der Waals surface area contributed by atoms with E-state index in [9.17, 15) is 0 Å². The number of rotatable bonds is 2. The van der Waals surface area contributed by atoms with Crippen LogP contribution in [0, 0.1) is 11.8 Å². The van der Waals surface area contributed by atoms with Gasteiger partial charge >= 0.3 is 0 Å². The lowest BCUT2D eigenvalue weighted by Gasteiger charge is -2.02. The van der Waals surface area contributed by atoms with Gasteiger partial charge in [0.2, 0.25) is 0 Å². The summed E-state index contributed by atoms with van der Waals surface area (Å²) < 4.78 is 1.81. The van der Waals surface area contributed by atoms with Crippen molar-refractivity contribution in [3.8, 4) is 17.5 Å². The summed E-state index contributed by atoms with van der Waals surface area (Å²) in [4.78, 5) is 0. The lowest BCUT2D eigenvalue weighted by Crippen LogP contribution is -2.15. The zero-order chi connectivity index (χ0) is 12.1. The summed E-state index contributed by atoms with van der Waals surface area (Å²) in [5, 5.41) is 4.26. The summed E-state index contributed by atoms with van der Waals surface area (Å²) in [6.07, 6.45) is 2.60. The molecule has 2 rings (SSSR count). The molecule has 0 amide bonds. The molecule has 0 aliphatic rings. The van der Waals surface area contributed by atoms with E-state index in [-0.39, 0.29) is 6.04 Å². The molecular weight excluding hydrogens is 210 g/mol. The molecule has 0 radical (unpaired) electrons. The number of hydrogen-bond acceptors (Lipinski definition) is 2. The van der Waals surface area contributed by atoms with E-state index in [4.69, 9.17) is 5.73 Å². The first-order valence-electron chi connectivity index (χ1n) is 5.68. The van der Waals surface area contributed by atoms with Gasteiger partial charge in [-0.25, -0.2) is 4.68 Å². The number of aromatic nitrogens is 2. The smallest absolute Gasteiger partial charge is 0.117 e. The van der Waals surface area contributed by atoms with Crippen molar-refractivity contribution in [2.45, 2.75) is 19.4 Å². The van der Waals surface area contributed by atoms with Crippen molar-refractivity contribution in [1.82, 2.24) is 9.78 Å². The van der Waals surface area contributed by atoms with Gasteiger partial charge in [-0.2, -0.15) is 5.10 Å². The first-order valence-corrected chi connectivity index (χ1v) is 5.68. The highest BCUT2D eigenvalue weighted by atomic mass is 15.3. The highest BCUT2D eigenvalue weighted by Gasteiger charge is 2.01. The molecule has 0 fully saturated rings. The Balaban J connectivity index is 2.32. The van der Waals surface area contributed by atoms with Crippen LogP contribution in [0.3, 0.4) is 0 Å². The summed E-state index contributed by atoms with van der Waals surface area (Å²) in [6, 6.07) is 11.7. The van der Waals surface area contributed by atoms with Gasteiger partial charge in [-0.15, -0.1) is 0 Å². The Bertz CT molecular complexity index is 531. The van der Waals surface area contributed by atoms with Gasteiger partial charge in [0.05, 0.1) is 17.9 Å². The van der Waals surface area contributed by atoms with Gasteiger partial charge < -0.3 is 5.73 Å². The van der Waals surface area contributed by atoms with Crippen LogP contribution < -0.4 is 5.73 Å². The van der Waals surface area contributed by atoms with Crippen molar-refractivity contribution in [2.75, 3.05) is 0 Å². The lowest BCUT2D eigenvalue weighted by atomic mass is 10.2. The van der Waals surface area contributed by atoms with Gasteiger partial charge in [-0.1, -0.05) is 31.0 Å². The minimum Gasteiger partial charge on any atom is -0.318 e. The van der Waals surface area contributed by atoms with Crippen molar-refractivity contribution in [3.05, 3.63) is 48.3 Å². The van der Waals surface area contributed by atoms with Crippen LogP contribution in [0.15, 0.2) is 42.6 Å². The minimum atomic E-state index is -0.0749. The average molecular weight is 225 g/mol. The molecule has 0 bridgehead atoms. The predicted molar refractivity (Wildman–Crippen MR) is 68.7 cm³/mol. The summed E-state index contributed by atoms with van der Waals surface area (Å²) in [6.45, 7) is 2.02. The number of benzene rings is 1. The molecule has 1 atom stereocenters. The van der Waals surface area contributed by atoms with Crippen molar-refractivity contribution >= 4 is 0 Å². The molecule has 1 aromatic heterocycles. The van der Waals surface area contributed by atoms with E-state index < -0.39 is 0 Å². The van der Waals surface area contributed by atoms with Gasteiger partial charge in [0.15, 0.2) is 0 Å². The van der Waals surface area contributed by atoms with Crippen molar-refractivity contribution in [1.29, 1.82) is 0 Å². The van der Waals surface area contributed by atoms with E-state index in [0.717, 1.165) is 17.8 Å². The van der Waals surface area contributed by atoms with Gasteiger partial charge in [0, 0.05) is 0 Å². The van der Waals surface area contributed by atoms with Crippen LogP contribution in [0.5, 0.6) is 0 Å². The Morgan fingerprint density at radius 1 is 1.29 bits per heavy atom. The van der Waals surface area contributed by atoms with Crippen LogP contribution in [0.4, 0.5) is 0 Å². The van der Waals surface area contributed by atoms with Gasteiger partial charge in [-0.05, 0) is 30.5 Å². The predicted octanol–water partition coefficient (Wildman–Crippen LogP) is 1.96. The van der Waals surface area contributed by atoms with E-state index in [2.05, 4.69) is 16.9 Å². The quantitative estimate of drug-likeness (QED) is 0.794. The number of nitrogens with two attached hydrogens (primary N) is 1. The topological polar surface area (TPSA) is 43.8 Å². The maximum atomic E-state index is 5.78. The number of hydrogen-bond donors (Lipinski definition) is 1. The third kappa shape index (κ3) is 2.74. The van der Waals surface area contributed by atoms with E-state index >= 15 is 0 Å². The molecule has 86 valence electrons. The van der Waals surface area contributed by atoms with Crippen LogP contribution in [0.25, 0.3) is 5.69 Å². The molecular formula is C14H15N3. The van der Waals surface area contributed by atoms with E-state index in [1.54, 1.807) is 6.20 Å². The molecule has 17 heavy (non-hydrogen) atoms. The molecule has 0 aliphatic heterocycles. The van der Waals surface area contributed by atoms with Crippen LogP contribution in [0.1, 0.15) is 19.0 Å². The van der Waals surface area contributed by atoms with Crippen molar-refractivity contribution in [3.63, 3.8) is 0 Å². The Labute approximate surface area is 101 Å². The second kappa shape index (κ2) is 5.33. The molecule has 0 spiro atoms. The zero-order valence-electron chi connectivity index (χ0n) is 9.80. The summed E-state index contributed by atoms with van der Waals surface area (Å²) in [7, 11) is 0. The molecule has 1 heterocycles. The van der Waals surface area contributed by atoms with Crippen LogP contribution in [-0.4, -0.2) is 15.8 Å². The Morgan fingerprint density at radius 3 is 2.76 bits per heavy atom. The molecule has 3 nitrogen and oxygen atoms in total. The molecule has 0 saturated carbocycles. The molecule has 2 N–H and O–H groups in total. The third-order valence-electron chi connectivity index (χ3n) is 2.47. The molecule has 0 aliphatic carbocycles. The molecule has 3 heteroatoms. The van der Waals surface area contributed by atoms with E-state index in [0.29, 0.717) is 0 Å². The summed E-state index contributed by atoms with van der Waals surface area (Å²) in [5.74, 6) is 6.08. The largest absolute Gasteiger partial charge is 0.318 e. The number of nitrogens with zero attached hydrogens (tertiary/aromatic N) is 2. The SMILES string of the molecule is CCC(N)C#Cc1ccnn1-c1ccccc1. The lowest BCUT2D eigenvalue weighted by molar-refractivity contribution is 0.804. The second-order valence-corrected chi connectivity index (χ2v) is 3.75. The normalized spacial score (nSPS) is 11.6. The fourth-order valence-electron chi connectivity index (χ4n) is 1.44. The van der Waals surface area contributed by atoms with E-state index in [1.165, 1.54) is 0 Å². The Morgan fingerprint density at radius 2 is 2.06 bits per heavy atom. The number of para-hydroxylation sites is 1. The molecule has 0 saturated heterocycles. The first-order chi connectivity index (χ1) is 8.31. The standard InChI is InChI=1S/C14H15N3/c1-2-12(15)8-9-14-10-11-16-17(14)13-6-4-3-5-7-13/h3-7,10-12H,2,15H2,1H3. The van der Waals surface area contributed by atoms with Gasteiger partial charge in [-0.3, -0.25) is 0 Å². The molecule has 2 aromatic rings. The maximum absolute atomic E-state index is 5.78. The van der Waals surface area contributed by atoms with Crippen molar-refractivity contribution in [2.24, 2.45) is 5.73 Å².